The average Bonchev–Trinajstić information content (AvgIpc) is 3.39. The summed E-state index contributed by atoms with van der Waals surface area (Å²) < 4.78 is 1.58. The van der Waals surface area contributed by atoms with Gasteiger partial charge in [0.2, 0.25) is 5.95 Å². The van der Waals surface area contributed by atoms with Crippen molar-refractivity contribution in [3.8, 4) is 6.07 Å². The van der Waals surface area contributed by atoms with E-state index in [1.807, 2.05) is 47.1 Å². The van der Waals surface area contributed by atoms with E-state index in [1.54, 1.807) is 11.7 Å². The number of hydrogen-bond acceptors (Lipinski definition) is 9. The van der Waals surface area contributed by atoms with Gasteiger partial charge >= 0.3 is 0 Å². The average molecular weight is 530 g/mol. The number of aromatic nitrogens is 4. The largest absolute Gasteiger partial charge is 0.394 e. The second-order valence-electron chi connectivity index (χ2n) is 10.4. The lowest BCUT2D eigenvalue weighted by molar-refractivity contribution is 0.0697. The Bertz CT molecular complexity index is 1370. The van der Waals surface area contributed by atoms with Crippen molar-refractivity contribution in [2.24, 2.45) is 7.05 Å². The zero-order valence-corrected chi connectivity index (χ0v) is 22.7. The van der Waals surface area contributed by atoms with Crippen molar-refractivity contribution in [1.82, 2.24) is 25.1 Å². The van der Waals surface area contributed by atoms with Gasteiger partial charge in [-0.25, -0.2) is 4.68 Å². The van der Waals surface area contributed by atoms with Crippen LogP contribution in [0.3, 0.4) is 0 Å². The third-order valence-electron chi connectivity index (χ3n) is 7.86. The monoisotopic (exact) mass is 529 g/mol. The van der Waals surface area contributed by atoms with Crippen molar-refractivity contribution in [2.45, 2.75) is 38.8 Å². The highest BCUT2D eigenvalue weighted by atomic mass is 16.3. The van der Waals surface area contributed by atoms with Crippen molar-refractivity contribution in [3.63, 3.8) is 0 Å². The number of carbonyl (C=O) groups excluding carboxylic acids is 1. The van der Waals surface area contributed by atoms with E-state index < -0.39 is 0 Å². The summed E-state index contributed by atoms with van der Waals surface area (Å²) in [5.74, 6) is 0.550. The number of anilines is 3. The molecule has 2 saturated heterocycles. The maximum absolute atomic E-state index is 13.7. The van der Waals surface area contributed by atoms with Gasteiger partial charge in [0.15, 0.2) is 0 Å². The van der Waals surface area contributed by atoms with Crippen LogP contribution in [-0.4, -0.2) is 87.5 Å². The Morgan fingerprint density at radius 3 is 2.59 bits per heavy atom. The molecule has 2 fully saturated rings. The van der Waals surface area contributed by atoms with E-state index in [2.05, 4.69) is 44.8 Å². The summed E-state index contributed by atoms with van der Waals surface area (Å²) in [6.45, 7) is 7.10. The van der Waals surface area contributed by atoms with Gasteiger partial charge < -0.3 is 25.1 Å². The first kappa shape index (κ1) is 26.4. The predicted molar refractivity (Wildman–Crippen MR) is 149 cm³/mol. The number of benzene rings is 2. The minimum absolute atomic E-state index is 0.0346. The lowest BCUT2D eigenvalue weighted by atomic mass is 9.99. The van der Waals surface area contributed by atoms with Gasteiger partial charge in [0.25, 0.3) is 5.91 Å². The highest BCUT2D eigenvalue weighted by Crippen LogP contribution is 2.28. The van der Waals surface area contributed by atoms with Gasteiger partial charge in [-0.3, -0.25) is 4.79 Å². The van der Waals surface area contributed by atoms with Gasteiger partial charge in [0, 0.05) is 57.1 Å². The van der Waals surface area contributed by atoms with E-state index in [0.29, 0.717) is 36.7 Å². The van der Waals surface area contributed by atoms with Crippen LogP contribution in [0.15, 0.2) is 36.4 Å². The normalized spacial score (nSPS) is 18.2. The molecule has 2 aromatic carbocycles. The number of carbonyl (C=O) groups is 1. The van der Waals surface area contributed by atoms with Crippen molar-refractivity contribution in [3.05, 3.63) is 58.7 Å². The lowest BCUT2D eigenvalue weighted by Crippen LogP contribution is -2.57. The number of nitrogens with one attached hydrogen (secondary N) is 1. The first-order valence-electron chi connectivity index (χ1n) is 13.4. The second-order valence-corrected chi connectivity index (χ2v) is 10.4. The lowest BCUT2D eigenvalue weighted by Gasteiger charge is -2.40. The fraction of sp³-hybridized carbons (Fsp3) is 0.464. The number of amides is 1. The van der Waals surface area contributed by atoms with Gasteiger partial charge in [0.05, 0.1) is 23.9 Å². The van der Waals surface area contributed by atoms with E-state index in [-0.39, 0.29) is 24.6 Å². The fourth-order valence-corrected chi connectivity index (χ4v) is 5.66. The number of aliphatic hydroxyl groups is 1. The van der Waals surface area contributed by atoms with Crippen LogP contribution < -0.4 is 15.1 Å². The third kappa shape index (κ3) is 5.38. The molecule has 0 bridgehead atoms. The quantitative estimate of drug-likeness (QED) is 0.494. The molecule has 1 aromatic heterocycles. The molecule has 39 heavy (non-hydrogen) atoms. The number of tetrazole rings is 1. The number of hydrogen-bond donors (Lipinski definition) is 2. The molecule has 11 nitrogen and oxygen atoms in total. The smallest absolute Gasteiger partial charge is 0.254 e. The molecule has 3 aromatic rings. The van der Waals surface area contributed by atoms with E-state index in [1.165, 1.54) is 0 Å². The predicted octanol–water partition coefficient (Wildman–Crippen LogP) is 2.10. The third-order valence-corrected chi connectivity index (χ3v) is 7.86. The Morgan fingerprint density at radius 1 is 1.13 bits per heavy atom. The number of aryl methyl sites for hydroxylation is 3. The van der Waals surface area contributed by atoms with E-state index in [9.17, 15) is 15.2 Å². The highest BCUT2D eigenvalue weighted by molar-refractivity contribution is 5.97. The van der Waals surface area contributed by atoms with Crippen molar-refractivity contribution >= 4 is 23.2 Å². The minimum Gasteiger partial charge on any atom is -0.394 e. The Kier molecular flexibility index (Phi) is 7.65. The highest BCUT2D eigenvalue weighted by Gasteiger charge is 2.33. The number of para-hydroxylation sites is 1. The molecule has 0 radical (unpaired) electrons. The van der Waals surface area contributed by atoms with Crippen LogP contribution in [0.25, 0.3) is 0 Å². The van der Waals surface area contributed by atoms with Gasteiger partial charge in [-0.2, -0.15) is 5.26 Å². The molecule has 0 aliphatic carbocycles. The summed E-state index contributed by atoms with van der Waals surface area (Å²) >= 11 is 0. The summed E-state index contributed by atoms with van der Waals surface area (Å²) in [5.41, 5.74) is 5.39. The van der Waals surface area contributed by atoms with Crippen molar-refractivity contribution < 1.29 is 9.90 Å². The van der Waals surface area contributed by atoms with Crippen LogP contribution in [0.5, 0.6) is 0 Å². The fourth-order valence-electron chi connectivity index (χ4n) is 5.66. The van der Waals surface area contributed by atoms with Crippen molar-refractivity contribution in [1.29, 1.82) is 5.26 Å². The van der Waals surface area contributed by atoms with Gasteiger partial charge in [-0.05, 0) is 66.4 Å². The Hall–Kier alpha value is -4.17. The summed E-state index contributed by atoms with van der Waals surface area (Å²) in [7, 11) is 1.76. The number of piperazine rings is 1. The zero-order chi connectivity index (χ0) is 27.5. The molecule has 5 rings (SSSR count). The van der Waals surface area contributed by atoms with E-state index in [0.717, 1.165) is 48.4 Å². The molecule has 0 spiro atoms. The first-order valence-corrected chi connectivity index (χ1v) is 13.4. The maximum Gasteiger partial charge on any atom is 0.254 e. The molecule has 0 saturated carbocycles. The molecule has 2 aliphatic rings. The number of nitriles is 1. The molecule has 1 amide bonds. The summed E-state index contributed by atoms with van der Waals surface area (Å²) in [5, 5.41) is 34.9. The van der Waals surface area contributed by atoms with Crippen LogP contribution in [-0.2, 0) is 7.05 Å². The van der Waals surface area contributed by atoms with Crippen LogP contribution in [0.2, 0.25) is 0 Å². The number of piperidine rings is 1. The molecule has 11 heteroatoms. The molecule has 204 valence electrons. The van der Waals surface area contributed by atoms with Crippen LogP contribution in [0.1, 0.15) is 39.9 Å². The summed E-state index contributed by atoms with van der Waals surface area (Å²) in [4.78, 5) is 19.7. The van der Waals surface area contributed by atoms with E-state index >= 15 is 0 Å². The Balaban J connectivity index is 1.26. The molecular formula is C28H35N9O2. The summed E-state index contributed by atoms with van der Waals surface area (Å²) in [6.07, 6.45) is 1.88. The molecule has 0 unspecified atom stereocenters. The summed E-state index contributed by atoms with van der Waals surface area (Å²) in [6, 6.07) is 14.1. The molecule has 3 heterocycles. The van der Waals surface area contributed by atoms with Crippen molar-refractivity contribution in [2.75, 3.05) is 54.4 Å². The van der Waals surface area contributed by atoms with Crippen LogP contribution in [0, 0.1) is 25.2 Å². The van der Waals surface area contributed by atoms with E-state index in [4.69, 9.17) is 0 Å². The van der Waals surface area contributed by atoms with Gasteiger partial charge in [-0.1, -0.05) is 23.3 Å². The number of nitrogens with zero attached hydrogens (tertiary/aromatic N) is 8. The van der Waals surface area contributed by atoms with Crippen LogP contribution >= 0.6 is 0 Å². The standard InChI is InChI=1S/C28H35N9O2/c1-19-14-20(2)25(30-22-8-10-35(11-9-22)26-7-5-4-6-21(26)16-29)15-24(19)27(39)36-12-13-37(23(17-36)18-38)28-31-32-33-34(28)3/h4-7,14-15,22-23,30,38H,8-13,17-18H2,1-3H3/t23-/m0/s1. The second kappa shape index (κ2) is 11.3. The zero-order valence-electron chi connectivity index (χ0n) is 22.7. The molecule has 2 aliphatic heterocycles. The Morgan fingerprint density at radius 2 is 1.90 bits per heavy atom. The first-order chi connectivity index (χ1) is 18.9. The molecular weight excluding hydrogens is 494 g/mol. The molecule has 1 atom stereocenters. The molecule has 2 N–H and O–H groups in total. The Labute approximate surface area is 228 Å². The maximum atomic E-state index is 13.7. The minimum atomic E-state index is -0.285. The SMILES string of the molecule is Cc1cc(C)c(C(=O)N2CCN(c3nnnn3C)[C@H](CO)C2)cc1NC1CCN(c2ccccc2C#N)CC1. The number of rotatable bonds is 6. The van der Waals surface area contributed by atoms with Crippen LogP contribution in [0.4, 0.5) is 17.3 Å². The van der Waals surface area contributed by atoms with Gasteiger partial charge in [-0.15, -0.1) is 0 Å². The number of aliphatic hydroxyl groups excluding tert-OH is 1. The topological polar surface area (TPSA) is 126 Å². The van der Waals surface area contributed by atoms with Gasteiger partial charge in [0.1, 0.15) is 6.07 Å².